The van der Waals surface area contributed by atoms with Crippen molar-refractivity contribution in [2.75, 3.05) is 6.54 Å². The van der Waals surface area contributed by atoms with Crippen LogP contribution in [0.2, 0.25) is 5.02 Å². The Morgan fingerprint density at radius 1 is 1.23 bits per heavy atom. The van der Waals surface area contributed by atoms with Gasteiger partial charge in [0.1, 0.15) is 16.7 Å². The molecule has 1 fully saturated rings. The van der Waals surface area contributed by atoms with Crippen LogP contribution in [-0.2, 0) is 16.1 Å². The molecule has 1 N–H and O–H groups in total. The Kier molecular flexibility index (Phi) is 5.64. The number of fused-ring (bicyclic) bond motifs is 1. The Hall–Kier alpha value is -2.68. The number of aliphatic carboxylic acids is 1. The van der Waals surface area contributed by atoms with Crippen LogP contribution in [0.3, 0.4) is 0 Å². The molecule has 0 spiro atoms. The highest BCUT2D eigenvalue weighted by molar-refractivity contribution is 8.26. The van der Waals surface area contributed by atoms with E-state index in [-0.39, 0.29) is 10.9 Å². The monoisotopic (exact) mass is 460 g/mol. The second kappa shape index (κ2) is 8.22. The minimum atomic E-state index is -1.13. The van der Waals surface area contributed by atoms with Crippen molar-refractivity contribution >= 4 is 68.8 Å². The lowest BCUT2D eigenvalue weighted by Crippen LogP contribution is -2.33. The largest absolute Gasteiger partial charge is 0.480 e. The Labute approximate surface area is 185 Å². The van der Waals surface area contributed by atoms with Crippen molar-refractivity contribution in [2.24, 2.45) is 0 Å². The number of thioether (sulfide) groups is 1. The van der Waals surface area contributed by atoms with E-state index in [1.807, 2.05) is 35.0 Å². The fourth-order valence-corrected chi connectivity index (χ4v) is 4.76. The Morgan fingerprint density at radius 2 is 2.00 bits per heavy atom. The van der Waals surface area contributed by atoms with Gasteiger partial charge in [0.05, 0.1) is 11.4 Å². The predicted octanol–water partition coefficient (Wildman–Crippen LogP) is 4.77. The summed E-state index contributed by atoms with van der Waals surface area (Å²) in [6, 6.07) is 12.1. The van der Waals surface area contributed by atoms with Crippen molar-refractivity contribution in [2.45, 2.75) is 6.54 Å². The highest BCUT2D eigenvalue weighted by Crippen LogP contribution is 2.34. The molecule has 0 bridgehead atoms. The Balaban J connectivity index is 1.75. The molecule has 0 saturated carbocycles. The van der Waals surface area contributed by atoms with Gasteiger partial charge in [0.15, 0.2) is 0 Å². The third kappa shape index (κ3) is 3.86. The van der Waals surface area contributed by atoms with E-state index in [0.717, 1.165) is 33.1 Å². The molecule has 2 heterocycles. The number of rotatable bonds is 5. The molecule has 1 aliphatic heterocycles. The van der Waals surface area contributed by atoms with E-state index < -0.39 is 24.2 Å². The van der Waals surface area contributed by atoms with Crippen LogP contribution in [0.5, 0.6) is 0 Å². The summed E-state index contributed by atoms with van der Waals surface area (Å²) in [5.41, 5.74) is 1.97. The third-order valence-corrected chi connectivity index (χ3v) is 6.40. The third-order valence-electron chi connectivity index (χ3n) is 4.66. The zero-order valence-electron chi connectivity index (χ0n) is 15.3. The van der Waals surface area contributed by atoms with Crippen LogP contribution >= 0.6 is 35.6 Å². The zero-order chi connectivity index (χ0) is 21.4. The number of aromatic nitrogens is 1. The van der Waals surface area contributed by atoms with Crippen LogP contribution < -0.4 is 0 Å². The molecule has 152 valence electrons. The van der Waals surface area contributed by atoms with Gasteiger partial charge in [0.25, 0.3) is 5.91 Å². The maximum atomic E-state index is 14.3. The second-order valence-corrected chi connectivity index (χ2v) is 8.67. The Bertz CT molecular complexity index is 1220. The van der Waals surface area contributed by atoms with Crippen molar-refractivity contribution in [3.8, 4) is 0 Å². The number of benzene rings is 2. The molecule has 1 aromatic heterocycles. The number of hydrogen-bond donors (Lipinski definition) is 1. The van der Waals surface area contributed by atoms with Gasteiger partial charge in [0, 0.05) is 33.2 Å². The van der Waals surface area contributed by atoms with E-state index >= 15 is 0 Å². The lowest BCUT2D eigenvalue weighted by molar-refractivity contribution is -0.140. The number of amides is 1. The number of hydrogen-bond acceptors (Lipinski definition) is 4. The number of carbonyl (C=O) groups is 2. The molecule has 2 aromatic carbocycles. The maximum absolute atomic E-state index is 14.3. The molecule has 0 aliphatic carbocycles. The molecule has 30 heavy (non-hydrogen) atoms. The number of para-hydroxylation sites is 1. The van der Waals surface area contributed by atoms with Crippen molar-refractivity contribution in [1.29, 1.82) is 0 Å². The van der Waals surface area contributed by atoms with Gasteiger partial charge in [-0.1, -0.05) is 59.8 Å². The summed E-state index contributed by atoms with van der Waals surface area (Å²) < 4.78 is 16.4. The maximum Gasteiger partial charge on any atom is 0.323 e. The lowest BCUT2D eigenvalue weighted by Gasteiger charge is -2.10. The summed E-state index contributed by atoms with van der Waals surface area (Å²) in [5, 5.41) is 10.2. The molecular formula is C21H14ClFN2O3S2. The SMILES string of the molecule is O=C(O)CN1C(=O)C(=Cc2cn(Cc3c(F)cccc3Cl)c3ccccc23)SC1=S. The number of halogens is 2. The molecule has 0 unspecified atom stereocenters. The van der Waals surface area contributed by atoms with Gasteiger partial charge in [-0.2, -0.15) is 0 Å². The van der Waals surface area contributed by atoms with Crippen molar-refractivity contribution in [3.63, 3.8) is 0 Å². The minimum Gasteiger partial charge on any atom is -0.480 e. The normalized spacial score (nSPS) is 15.5. The molecule has 5 nitrogen and oxygen atoms in total. The number of nitrogens with zero attached hydrogens (tertiary/aromatic N) is 2. The van der Waals surface area contributed by atoms with E-state index in [1.165, 1.54) is 6.07 Å². The van der Waals surface area contributed by atoms with Gasteiger partial charge in [-0.05, 0) is 24.3 Å². The van der Waals surface area contributed by atoms with Gasteiger partial charge in [-0.3, -0.25) is 14.5 Å². The van der Waals surface area contributed by atoms with E-state index in [0.29, 0.717) is 15.5 Å². The summed E-state index contributed by atoms with van der Waals surface area (Å²) in [5.74, 6) is -1.97. The number of carboxylic acid groups (broad SMARTS) is 1. The van der Waals surface area contributed by atoms with E-state index in [4.69, 9.17) is 28.9 Å². The summed E-state index contributed by atoms with van der Waals surface area (Å²) in [4.78, 5) is 25.0. The Morgan fingerprint density at radius 3 is 2.73 bits per heavy atom. The first kappa shape index (κ1) is 20.6. The quantitative estimate of drug-likeness (QED) is 0.439. The van der Waals surface area contributed by atoms with Crippen LogP contribution in [0, 0.1) is 5.82 Å². The van der Waals surface area contributed by atoms with Crippen molar-refractivity contribution in [1.82, 2.24) is 9.47 Å². The molecule has 1 saturated heterocycles. The zero-order valence-corrected chi connectivity index (χ0v) is 17.7. The fourth-order valence-electron chi connectivity index (χ4n) is 3.29. The molecular weight excluding hydrogens is 447 g/mol. The van der Waals surface area contributed by atoms with Gasteiger partial charge < -0.3 is 9.67 Å². The molecule has 3 aromatic rings. The number of thiocarbonyl (C=S) groups is 1. The van der Waals surface area contributed by atoms with Crippen LogP contribution in [-0.4, -0.2) is 37.3 Å². The van der Waals surface area contributed by atoms with Crippen LogP contribution in [0.25, 0.3) is 17.0 Å². The van der Waals surface area contributed by atoms with Gasteiger partial charge in [0.2, 0.25) is 0 Å². The summed E-state index contributed by atoms with van der Waals surface area (Å²) in [7, 11) is 0. The van der Waals surface area contributed by atoms with Crippen LogP contribution in [0.1, 0.15) is 11.1 Å². The minimum absolute atomic E-state index is 0.204. The van der Waals surface area contributed by atoms with Gasteiger partial charge in [-0.15, -0.1) is 0 Å². The summed E-state index contributed by atoms with van der Waals surface area (Å²) in [6.45, 7) is -0.255. The average molecular weight is 461 g/mol. The first-order chi connectivity index (χ1) is 14.3. The number of carboxylic acids is 1. The number of carbonyl (C=O) groups excluding carboxylic acids is 1. The highest BCUT2D eigenvalue weighted by Gasteiger charge is 2.33. The molecule has 1 amide bonds. The summed E-state index contributed by atoms with van der Waals surface area (Å²) >= 11 is 12.4. The first-order valence-electron chi connectivity index (χ1n) is 8.83. The molecule has 0 atom stereocenters. The van der Waals surface area contributed by atoms with E-state index in [1.54, 1.807) is 18.2 Å². The lowest BCUT2D eigenvalue weighted by atomic mass is 10.1. The van der Waals surface area contributed by atoms with Crippen molar-refractivity contribution in [3.05, 3.63) is 75.5 Å². The molecule has 9 heteroatoms. The van der Waals surface area contributed by atoms with Gasteiger partial charge >= 0.3 is 5.97 Å². The van der Waals surface area contributed by atoms with Crippen LogP contribution in [0.15, 0.2) is 53.6 Å². The van der Waals surface area contributed by atoms with E-state index in [2.05, 4.69) is 0 Å². The summed E-state index contributed by atoms with van der Waals surface area (Å²) in [6.07, 6.45) is 3.50. The molecule has 1 aliphatic rings. The average Bonchev–Trinajstić information content (AvgIpc) is 3.17. The van der Waals surface area contributed by atoms with Gasteiger partial charge in [-0.25, -0.2) is 4.39 Å². The first-order valence-corrected chi connectivity index (χ1v) is 10.4. The standard InChI is InChI=1S/C21H14ClFN2O3S2/c22-15-5-3-6-16(23)14(15)10-24-9-12(13-4-1-2-7-17(13)24)8-18-20(28)25(11-19(26)27)21(29)30-18/h1-9H,10-11H2,(H,26,27). The van der Waals surface area contributed by atoms with Crippen LogP contribution in [0.4, 0.5) is 4.39 Å². The topological polar surface area (TPSA) is 62.5 Å². The van der Waals surface area contributed by atoms with E-state index in [9.17, 15) is 14.0 Å². The fraction of sp³-hybridized carbons (Fsp3) is 0.0952. The predicted molar refractivity (Wildman–Crippen MR) is 120 cm³/mol. The van der Waals surface area contributed by atoms with Crippen molar-refractivity contribution < 1.29 is 19.1 Å². The second-order valence-electron chi connectivity index (χ2n) is 6.59. The smallest absolute Gasteiger partial charge is 0.323 e. The highest BCUT2D eigenvalue weighted by atomic mass is 35.5. The molecule has 4 rings (SSSR count). The molecule has 0 radical (unpaired) electrons.